The number of hydrogen-bond donors (Lipinski definition) is 2. The normalized spacial score (nSPS) is 19.8. The number of nitrogens with one attached hydrogen (secondary N) is 1. The van der Waals surface area contributed by atoms with Crippen LogP contribution in [0.4, 0.5) is 4.79 Å². The number of hydrogen-bond acceptors (Lipinski definition) is 4. The van der Waals surface area contributed by atoms with Crippen LogP contribution in [-0.4, -0.2) is 53.7 Å². The van der Waals surface area contributed by atoms with Crippen molar-refractivity contribution in [3.05, 3.63) is 59.7 Å². The Balaban J connectivity index is 1.41. The number of benzene rings is 2. The molecule has 0 bridgehead atoms. The van der Waals surface area contributed by atoms with Crippen molar-refractivity contribution in [2.45, 2.75) is 45.6 Å². The van der Waals surface area contributed by atoms with E-state index in [9.17, 15) is 14.4 Å². The van der Waals surface area contributed by atoms with Gasteiger partial charge in [-0.25, -0.2) is 4.79 Å². The third-order valence-electron chi connectivity index (χ3n) is 7.16. The molecule has 7 heteroatoms. The highest BCUT2D eigenvalue weighted by molar-refractivity contribution is 5.86. The summed E-state index contributed by atoms with van der Waals surface area (Å²) in [4.78, 5) is 39.0. The van der Waals surface area contributed by atoms with Crippen LogP contribution in [0.25, 0.3) is 11.1 Å². The first-order valence-electron chi connectivity index (χ1n) is 12.4. The largest absolute Gasteiger partial charge is 0.481 e. The second-order valence-electron chi connectivity index (χ2n) is 10.2. The van der Waals surface area contributed by atoms with Crippen molar-refractivity contribution >= 4 is 18.0 Å². The number of carbonyl (C=O) groups excluding carboxylic acids is 2. The molecule has 3 atom stereocenters. The first kappa shape index (κ1) is 24.8. The predicted molar refractivity (Wildman–Crippen MR) is 133 cm³/mol. The molecule has 1 aliphatic heterocycles. The number of alkyl carbamates (subject to hydrolysis) is 1. The van der Waals surface area contributed by atoms with Gasteiger partial charge in [-0.05, 0) is 46.4 Å². The number of carboxylic acid groups (broad SMARTS) is 1. The van der Waals surface area contributed by atoms with Crippen LogP contribution in [0.15, 0.2) is 48.5 Å². The summed E-state index contributed by atoms with van der Waals surface area (Å²) in [6.07, 6.45) is -0.0860. The molecule has 2 unspecified atom stereocenters. The molecule has 2 N–H and O–H groups in total. The SMILES string of the molecule is CC(C)C[C@H](NC(=O)OCC1c2ccccc2-c2ccccc21)C(=O)N1CC(C)C(CC(=O)O)C1. The van der Waals surface area contributed by atoms with Gasteiger partial charge < -0.3 is 20.1 Å². The van der Waals surface area contributed by atoms with E-state index in [4.69, 9.17) is 9.84 Å². The molecule has 4 rings (SSSR count). The van der Waals surface area contributed by atoms with Crippen molar-refractivity contribution in [3.63, 3.8) is 0 Å². The molecule has 1 fully saturated rings. The molecule has 1 heterocycles. The Labute approximate surface area is 206 Å². The van der Waals surface area contributed by atoms with Gasteiger partial charge in [0.05, 0.1) is 6.42 Å². The maximum absolute atomic E-state index is 13.3. The molecular formula is C28H34N2O5. The highest BCUT2D eigenvalue weighted by Crippen LogP contribution is 2.44. The quantitative estimate of drug-likeness (QED) is 0.582. The number of likely N-dealkylation sites (tertiary alicyclic amines) is 1. The lowest BCUT2D eigenvalue weighted by atomic mass is 9.95. The van der Waals surface area contributed by atoms with E-state index in [0.717, 1.165) is 22.3 Å². The Kier molecular flexibility index (Phi) is 7.43. The Morgan fingerprint density at radius 2 is 1.63 bits per heavy atom. The van der Waals surface area contributed by atoms with Crippen LogP contribution in [0.5, 0.6) is 0 Å². The summed E-state index contributed by atoms with van der Waals surface area (Å²) in [5.41, 5.74) is 4.58. The van der Waals surface area contributed by atoms with Gasteiger partial charge in [0.25, 0.3) is 0 Å². The molecule has 35 heavy (non-hydrogen) atoms. The van der Waals surface area contributed by atoms with Crippen molar-refractivity contribution in [2.24, 2.45) is 17.8 Å². The fourth-order valence-electron chi connectivity index (χ4n) is 5.40. The fourth-order valence-corrected chi connectivity index (χ4v) is 5.40. The lowest BCUT2D eigenvalue weighted by molar-refractivity contribution is -0.139. The second-order valence-corrected chi connectivity index (χ2v) is 10.2. The number of amides is 2. The van der Waals surface area contributed by atoms with Crippen molar-refractivity contribution in [3.8, 4) is 11.1 Å². The van der Waals surface area contributed by atoms with Crippen LogP contribution in [0.2, 0.25) is 0 Å². The standard InChI is InChI=1S/C28H34N2O5/c1-17(2)12-25(27(33)30-14-18(3)19(15-30)13-26(31)32)29-28(34)35-16-24-22-10-6-4-8-20(22)21-9-5-7-11-23(21)24/h4-11,17-19,24-25H,12-16H2,1-3H3,(H,29,34)(H,31,32)/t18?,19?,25-/m0/s1. The fraction of sp³-hybridized carbons (Fsp3) is 0.464. The van der Waals surface area contributed by atoms with Gasteiger partial charge in [-0.3, -0.25) is 9.59 Å². The Morgan fingerprint density at radius 1 is 1.03 bits per heavy atom. The van der Waals surface area contributed by atoms with Gasteiger partial charge in [0.15, 0.2) is 0 Å². The summed E-state index contributed by atoms with van der Waals surface area (Å²) in [5, 5.41) is 12.0. The van der Waals surface area contributed by atoms with E-state index in [1.165, 1.54) is 0 Å². The minimum Gasteiger partial charge on any atom is -0.481 e. The van der Waals surface area contributed by atoms with Gasteiger partial charge in [-0.1, -0.05) is 69.3 Å². The van der Waals surface area contributed by atoms with E-state index in [2.05, 4.69) is 29.6 Å². The lowest BCUT2D eigenvalue weighted by Gasteiger charge is -2.26. The monoisotopic (exact) mass is 478 g/mol. The first-order chi connectivity index (χ1) is 16.7. The molecule has 1 aliphatic carbocycles. The van der Waals surface area contributed by atoms with E-state index in [1.807, 2.05) is 45.0 Å². The molecule has 0 spiro atoms. The van der Waals surface area contributed by atoms with Gasteiger partial charge in [0, 0.05) is 19.0 Å². The van der Waals surface area contributed by atoms with Gasteiger partial charge in [-0.15, -0.1) is 0 Å². The van der Waals surface area contributed by atoms with E-state index in [1.54, 1.807) is 4.90 Å². The van der Waals surface area contributed by atoms with Crippen LogP contribution in [0.1, 0.15) is 50.7 Å². The molecule has 1 saturated heterocycles. The third-order valence-corrected chi connectivity index (χ3v) is 7.16. The summed E-state index contributed by atoms with van der Waals surface area (Å²) in [6.45, 7) is 7.05. The highest BCUT2D eigenvalue weighted by atomic mass is 16.5. The number of rotatable bonds is 8. The lowest BCUT2D eigenvalue weighted by Crippen LogP contribution is -2.49. The molecule has 2 aromatic carbocycles. The topological polar surface area (TPSA) is 95.9 Å². The average molecular weight is 479 g/mol. The van der Waals surface area contributed by atoms with Crippen LogP contribution in [-0.2, 0) is 14.3 Å². The molecule has 2 amide bonds. The second kappa shape index (κ2) is 10.5. The summed E-state index contributed by atoms with van der Waals surface area (Å²) in [7, 11) is 0. The van der Waals surface area contributed by atoms with Crippen molar-refractivity contribution in [2.75, 3.05) is 19.7 Å². The molecule has 7 nitrogen and oxygen atoms in total. The number of nitrogens with zero attached hydrogens (tertiary/aromatic N) is 1. The molecule has 0 radical (unpaired) electrons. The van der Waals surface area contributed by atoms with Crippen LogP contribution in [0.3, 0.4) is 0 Å². The summed E-state index contributed by atoms with van der Waals surface area (Å²) in [5.74, 6) is -0.871. The zero-order valence-corrected chi connectivity index (χ0v) is 20.6. The van der Waals surface area contributed by atoms with Gasteiger partial charge >= 0.3 is 12.1 Å². The number of carbonyl (C=O) groups is 3. The van der Waals surface area contributed by atoms with E-state index in [0.29, 0.717) is 19.5 Å². The summed E-state index contributed by atoms with van der Waals surface area (Å²) in [6, 6.07) is 15.6. The molecule has 0 saturated carbocycles. The molecule has 2 aliphatic rings. The number of aliphatic carboxylic acids is 1. The molecule has 2 aromatic rings. The van der Waals surface area contributed by atoms with Crippen LogP contribution in [0, 0.1) is 17.8 Å². The van der Waals surface area contributed by atoms with Crippen molar-refractivity contribution in [1.82, 2.24) is 10.2 Å². The van der Waals surface area contributed by atoms with Crippen LogP contribution < -0.4 is 5.32 Å². The Morgan fingerprint density at radius 3 is 2.20 bits per heavy atom. The van der Waals surface area contributed by atoms with Crippen molar-refractivity contribution in [1.29, 1.82) is 0 Å². The predicted octanol–water partition coefficient (Wildman–Crippen LogP) is 4.51. The maximum atomic E-state index is 13.3. The number of fused-ring (bicyclic) bond motifs is 3. The summed E-state index contributed by atoms with van der Waals surface area (Å²) >= 11 is 0. The average Bonchev–Trinajstić information content (AvgIpc) is 3.33. The van der Waals surface area contributed by atoms with Gasteiger partial charge in [0.2, 0.25) is 5.91 Å². The summed E-state index contributed by atoms with van der Waals surface area (Å²) < 4.78 is 5.66. The van der Waals surface area contributed by atoms with Crippen molar-refractivity contribution < 1.29 is 24.2 Å². The zero-order chi connectivity index (χ0) is 25.1. The van der Waals surface area contributed by atoms with E-state index < -0.39 is 18.1 Å². The number of carboxylic acids is 1. The Hall–Kier alpha value is -3.35. The first-order valence-corrected chi connectivity index (χ1v) is 12.4. The van der Waals surface area contributed by atoms with Gasteiger partial charge in [-0.2, -0.15) is 0 Å². The van der Waals surface area contributed by atoms with Crippen LogP contribution >= 0.6 is 0 Å². The highest BCUT2D eigenvalue weighted by Gasteiger charge is 2.37. The van der Waals surface area contributed by atoms with Gasteiger partial charge in [0.1, 0.15) is 12.6 Å². The molecule has 186 valence electrons. The third kappa shape index (κ3) is 5.50. The zero-order valence-electron chi connectivity index (χ0n) is 20.6. The minimum absolute atomic E-state index is 0.0413. The maximum Gasteiger partial charge on any atom is 0.407 e. The van der Waals surface area contributed by atoms with E-state index >= 15 is 0 Å². The molecule has 0 aromatic heterocycles. The molecular weight excluding hydrogens is 444 g/mol. The Bertz CT molecular complexity index is 1050. The number of ether oxygens (including phenoxy) is 1. The smallest absolute Gasteiger partial charge is 0.407 e. The minimum atomic E-state index is -0.855. The van der Waals surface area contributed by atoms with E-state index in [-0.39, 0.29) is 42.6 Å².